The van der Waals surface area contributed by atoms with E-state index in [1.165, 1.54) is 30.2 Å². The second kappa shape index (κ2) is 9.86. The maximum Gasteiger partial charge on any atom is 0.293 e. The highest BCUT2D eigenvalue weighted by atomic mass is 16.6. The van der Waals surface area contributed by atoms with Crippen molar-refractivity contribution in [2.24, 2.45) is 0 Å². The van der Waals surface area contributed by atoms with Gasteiger partial charge in [0.1, 0.15) is 5.69 Å². The molecule has 0 saturated carbocycles. The Bertz CT molecular complexity index is 685. The first-order valence-corrected chi connectivity index (χ1v) is 8.70. The molecule has 0 aliphatic rings. The van der Waals surface area contributed by atoms with E-state index in [1.807, 2.05) is 20.8 Å². The molecule has 150 valence electrons. The molecule has 1 aromatic rings. The van der Waals surface area contributed by atoms with Crippen molar-refractivity contribution in [2.75, 3.05) is 38.7 Å². The van der Waals surface area contributed by atoms with E-state index in [-0.39, 0.29) is 23.7 Å². The number of nitro groups is 1. The molecule has 0 heterocycles. The molecule has 2 amide bonds. The third-order valence-electron chi connectivity index (χ3n) is 3.58. The Labute approximate surface area is 159 Å². The number of likely N-dealkylation sites (N-methyl/N-ethyl adjacent to an activating group) is 1. The predicted octanol–water partition coefficient (Wildman–Crippen LogP) is 2.03. The van der Waals surface area contributed by atoms with Crippen LogP contribution in [0, 0.1) is 10.1 Å². The van der Waals surface area contributed by atoms with Gasteiger partial charge in [-0.05, 0) is 39.8 Å². The molecule has 0 atom stereocenters. The fourth-order valence-corrected chi connectivity index (χ4v) is 2.39. The predicted molar refractivity (Wildman–Crippen MR) is 103 cm³/mol. The molecule has 9 heteroatoms. The largest absolute Gasteiger partial charge is 0.383 e. The number of hydrogen-bond donors (Lipinski definition) is 2. The fourth-order valence-electron chi connectivity index (χ4n) is 2.39. The van der Waals surface area contributed by atoms with Crippen LogP contribution in [0.25, 0.3) is 0 Å². The Balaban J connectivity index is 2.98. The molecule has 0 spiro atoms. The minimum Gasteiger partial charge on any atom is -0.383 e. The summed E-state index contributed by atoms with van der Waals surface area (Å²) in [6, 6.07) is 4.22. The highest BCUT2D eigenvalue weighted by molar-refractivity contribution is 5.97. The van der Waals surface area contributed by atoms with E-state index >= 15 is 0 Å². The van der Waals surface area contributed by atoms with Gasteiger partial charge in [-0.2, -0.15) is 0 Å². The molecule has 0 fully saturated rings. The molecule has 0 unspecified atom stereocenters. The van der Waals surface area contributed by atoms with Gasteiger partial charge in [0.2, 0.25) is 5.91 Å². The number of nitrogens with one attached hydrogen (secondary N) is 2. The lowest BCUT2D eigenvalue weighted by Gasteiger charge is -2.25. The number of carbonyl (C=O) groups excluding carboxylic acids is 2. The molecule has 0 saturated heterocycles. The summed E-state index contributed by atoms with van der Waals surface area (Å²) in [6.45, 7) is 8.28. The van der Waals surface area contributed by atoms with Crippen molar-refractivity contribution in [3.63, 3.8) is 0 Å². The summed E-state index contributed by atoms with van der Waals surface area (Å²) in [5.74, 6) is -0.724. The first-order chi connectivity index (χ1) is 12.6. The van der Waals surface area contributed by atoms with Gasteiger partial charge in [0.25, 0.3) is 11.6 Å². The fraction of sp³-hybridized carbons (Fsp3) is 0.556. The number of anilines is 1. The molecular weight excluding hydrogens is 352 g/mol. The first-order valence-electron chi connectivity index (χ1n) is 8.70. The van der Waals surface area contributed by atoms with Crippen molar-refractivity contribution in [1.29, 1.82) is 0 Å². The summed E-state index contributed by atoms with van der Waals surface area (Å²) in [5, 5.41) is 17.1. The lowest BCUT2D eigenvalue weighted by atomic mass is 10.1. The molecule has 9 nitrogen and oxygen atoms in total. The summed E-state index contributed by atoms with van der Waals surface area (Å²) >= 11 is 0. The van der Waals surface area contributed by atoms with Gasteiger partial charge >= 0.3 is 0 Å². The van der Waals surface area contributed by atoms with Crippen LogP contribution in [-0.2, 0) is 9.53 Å². The molecule has 2 N–H and O–H groups in total. The van der Waals surface area contributed by atoms with Crippen LogP contribution in [0.1, 0.15) is 38.1 Å². The molecule has 0 radical (unpaired) electrons. The van der Waals surface area contributed by atoms with Gasteiger partial charge in [-0.15, -0.1) is 0 Å². The number of nitro benzene ring substituents is 1. The van der Waals surface area contributed by atoms with Crippen LogP contribution in [0.5, 0.6) is 0 Å². The summed E-state index contributed by atoms with van der Waals surface area (Å²) in [5.41, 5.74) is -0.146. The second-order valence-electron chi connectivity index (χ2n) is 7.03. The van der Waals surface area contributed by atoms with E-state index in [0.29, 0.717) is 25.4 Å². The van der Waals surface area contributed by atoms with Gasteiger partial charge in [-0.25, -0.2) is 0 Å². The molecule has 0 aliphatic heterocycles. The monoisotopic (exact) mass is 380 g/mol. The number of carbonyl (C=O) groups is 2. The van der Waals surface area contributed by atoms with E-state index in [4.69, 9.17) is 4.74 Å². The Hall–Kier alpha value is -2.68. The maximum atomic E-state index is 12.7. The SMILES string of the molecule is CCN(CC(=O)NC(C)(C)C)C(=O)c1ccc(NCCOC)c([N+](=O)[O-])c1. The summed E-state index contributed by atoms with van der Waals surface area (Å²) in [7, 11) is 1.53. The summed E-state index contributed by atoms with van der Waals surface area (Å²) < 4.78 is 4.91. The van der Waals surface area contributed by atoms with Crippen molar-refractivity contribution >= 4 is 23.2 Å². The lowest BCUT2D eigenvalue weighted by molar-refractivity contribution is -0.384. The zero-order chi connectivity index (χ0) is 20.6. The van der Waals surface area contributed by atoms with Crippen LogP contribution < -0.4 is 10.6 Å². The molecule has 0 aromatic heterocycles. The molecule has 1 rings (SSSR count). The number of benzene rings is 1. The average molecular weight is 380 g/mol. The van der Waals surface area contributed by atoms with Crippen molar-refractivity contribution in [1.82, 2.24) is 10.2 Å². The molecule has 1 aromatic carbocycles. The number of hydrogen-bond acceptors (Lipinski definition) is 6. The zero-order valence-corrected chi connectivity index (χ0v) is 16.5. The minimum atomic E-state index is -0.547. The van der Waals surface area contributed by atoms with Gasteiger partial charge in [0.15, 0.2) is 0 Å². The summed E-state index contributed by atoms with van der Waals surface area (Å²) in [6.07, 6.45) is 0. The molecule has 27 heavy (non-hydrogen) atoms. The van der Waals surface area contributed by atoms with Crippen molar-refractivity contribution in [2.45, 2.75) is 33.2 Å². The maximum absolute atomic E-state index is 12.7. The summed E-state index contributed by atoms with van der Waals surface area (Å²) in [4.78, 5) is 37.0. The standard InChI is InChI=1S/C18H28N4O5/c1-6-21(12-16(23)20-18(2,3)4)17(24)13-7-8-14(19-9-10-27-5)15(11-13)22(25)26/h7-8,11,19H,6,9-10,12H2,1-5H3,(H,20,23). The molecular formula is C18H28N4O5. The highest BCUT2D eigenvalue weighted by Crippen LogP contribution is 2.26. The van der Waals surface area contributed by atoms with Crippen LogP contribution in [0.4, 0.5) is 11.4 Å². The third-order valence-corrected chi connectivity index (χ3v) is 3.58. The van der Waals surface area contributed by atoms with Crippen molar-refractivity contribution < 1.29 is 19.2 Å². The third kappa shape index (κ3) is 7.22. The van der Waals surface area contributed by atoms with Gasteiger partial charge in [0.05, 0.1) is 18.1 Å². The minimum absolute atomic E-state index is 0.117. The zero-order valence-electron chi connectivity index (χ0n) is 16.5. The smallest absolute Gasteiger partial charge is 0.293 e. The van der Waals surface area contributed by atoms with Crippen LogP contribution >= 0.6 is 0 Å². The topological polar surface area (TPSA) is 114 Å². The van der Waals surface area contributed by atoms with Crippen LogP contribution in [-0.4, -0.2) is 60.5 Å². The van der Waals surface area contributed by atoms with Gasteiger partial charge in [-0.3, -0.25) is 19.7 Å². The number of methoxy groups -OCH3 is 1. The second-order valence-corrected chi connectivity index (χ2v) is 7.03. The van der Waals surface area contributed by atoms with Gasteiger partial charge in [-0.1, -0.05) is 0 Å². The Kier molecular flexibility index (Phi) is 8.17. The first kappa shape index (κ1) is 22.4. The Morgan fingerprint density at radius 1 is 1.30 bits per heavy atom. The Morgan fingerprint density at radius 3 is 2.48 bits per heavy atom. The van der Waals surface area contributed by atoms with Crippen molar-refractivity contribution in [3.05, 3.63) is 33.9 Å². The van der Waals surface area contributed by atoms with Crippen LogP contribution in [0.3, 0.4) is 0 Å². The number of nitrogens with zero attached hydrogens (tertiary/aromatic N) is 2. The number of amides is 2. The van der Waals surface area contributed by atoms with Crippen molar-refractivity contribution in [3.8, 4) is 0 Å². The normalized spacial score (nSPS) is 11.0. The molecule has 0 bridgehead atoms. The number of ether oxygens (including phenoxy) is 1. The van der Waals surface area contributed by atoms with E-state index in [1.54, 1.807) is 6.92 Å². The van der Waals surface area contributed by atoms with E-state index in [2.05, 4.69) is 10.6 Å². The average Bonchev–Trinajstić information content (AvgIpc) is 2.57. The quantitative estimate of drug-likeness (QED) is 0.385. The van der Waals surface area contributed by atoms with Crippen LogP contribution in [0.15, 0.2) is 18.2 Å². The highest BCUT2D eigenvalue weighted by Gasteiger charge is 2.23. The van der Waals surface area contributed by atoms with Gasteiger partial charge in [0, 0.05) is 37.4 Å². The van der Waals surface area contributed by atoms with E-state index < -0.39 is 16.4 Å². The lowest BCUT2D eigenvalue weighted by Crippen LogP contribution is -2.47. The van der Waals surface area contributed by atoms with E-state index in [9.17, 15) is 19.7 Å². The molecule has 0 aliphatic carbocycles. The van der Waals surface area contributed by atoms with E-state index in [0.717, 1.165) is 0 Å². The Morgan fingerprint density at radius 2 is 1.96 bits per heavy atom. The number of rotatable bonds is 9. The van der Waals surface area contributed by atoms with Crippen LogP contribution in [0.2, 0.25) is 0 Å². The van der Waals surface area contributed by atoms with Gasteiger partial charge < -0.3 is 20.3 Å².